The fourth-order valence-corrected chi connectivity index (χ4v) is 2.66. The van der Waals surface area contributed by atoms with E-state index in [1.807, 2.05) is 37.4 Å². The van der Waals surface area contributed by atoms with Crippen LogP contribution in [0.25, 0.3) is 11.3 Å². The second-order valence-electron chi connectivity index (χ2n) is 5.47. The SMILES string of the molecule is Cn1nccc1-c1cncc(CNC(=O)Cc2ccccc2Cl)c1. The molecule has 0 saturated heterocycles. The Bertz CT molecular complexity index is 859. The van der Waals surface area contributed by atoms with Gasteiger partial charge in [0.25, 0.3) is 0 Å². The molecule has 0 aliphatic rings. The van der Waals surface area contributed by atoms with Crippen LogP contribution in [0.2, 0.25) is 5.02 Å². The molecule has 6 heteroatoms. The van der Waals surface area contributed by atoms with Crippen molar-refractivity contribution in [1.82, 2.24) is 20.1 Å². The Morgan fingerprint density at radius 3 is 2.83 bits per heavy atom. The van der Waals surface area contributed by atoms with Crippen LogP contribution in [-0.4, -0.2) is 20.7 Å². The van der Waals surface area contributed by atoms with Gasteiger partial charge in [0.1, 0.15) is 0 Å². The van der Waals surface area contributed by atoms with Crippen LogP contribution in [0.15, 0.2) is 55.0 Å². The summed E-state index contributed by atoms with van der Waals surface area (Å²) in [6, 6.07) is 11.3. The number of pyridine rings is 1. The second-order valence-corrected chi connectivity index (χ2v) is 5.87. The molecule has 5 nitrogen and oxygen atoms in total. The highest BCUT2D eigenvalue weighted by Gasteiger charge is 2.08. The molecule has 3 rings (SSSR count). The molecule has 0 radical (unpaired) electrons. The predicted molar refractivity (Wildman–Crippen MR) is 93.4 cm³/mol. The summed E-state index contributed by atoms with van der Waals surface area (Å²) in [7, 11) is 1.88. The maximum Gasteiger partial charge on any atom is 0.224 e. The van der Waals surface area contributed by atoms with Crippen LogP contribution in [-0.2, 0) is 24.8 Å². The molecule has 1 aromatic carbocycles. The van der Waals surface area contributed by atoms with Gasteiger partial charge in [0.2, 0.25) is 5.91 Å². The average Bonchev–Trinajstić information content (AvgIpc) is 3.01. The van der Waals surface area contributed by atoms with Crippen LogP contribution in [0.1, 0.15) is 11.1 Å². The minimum absolute atomic E-state index is 0.0750. The highest BCUT2D eigenvalue weighted by molar-refractivity contribution is 6.31. The minimum Gasteiger partial charge on any atom is -0.352 e. The smallest absolute Gasteiger partial charge is 0.224 e. The number of nitrogens with zero attached hydrogens (tertiary/aromatic N) is 3. The Morgan fingerprint density at radius 1 is 1.25 bits per heavy atom. The normalized spacial score (nSPS) is 10.6. The third-order valence-corrected chi connectivity index (χ3v) is 4.08. The lowest BCUT2D eigenvalue weighted by Gasteiger charge is -2.08. The molecule has 0 unspecified atom stereocenters. The number of carbonyl (C=O) groups is 1. The molecular formula is C18H17ClN4O. The summed E-state index contributed by atoms with van der Waals surface area (Å²) in [5.41, 5.74) is 3.69. The molecule has 0 fully saturated rings. The third-order valence-electron chi connectivity index (χ3n) is 3.71. The van der Waals surface area contributed by atoms with Crippen LogP contribution in [0.3, 0.4) is 0 Å². The van der Waals surface area contributed by atoms with Gasteiger partial charge in [-0.1, -0.05) is 29.8 Å². The number of halogens is 1. The lowest BCUT2D eigenvalue weighted by Crippen LogP contribution is -2.24. The van der Waals surface area contributed by atoms with Gasteiger partial charge < -0.3 is 5.32 Å². The van der Waals surface area contributed by atoms with Crippen molar-refractivity contribution in [2.45, 2.75) is 13.0 Å². The van der Waals surface area contributed by atoms with E-state index in [-0.39, 0.29) is 12.3 Å². The first-order valence-corrected chi connectivity index (χ1v) is 7.93. The zero-order valence-electron chi connectivity index (χ0n) is 13.2. The molecule has 122 valence electrons. The lowest BCUT2D eigenvalue weighted by atomic mass is 10.1. The largest absolute Gasteiger partial charge is 0.352 e. The Hall–Kier alpha value is -2.66. The highest BCUT2D eigenvalue weighted by atomic mass is 35.5. The van der Waals surface area contributed by atoms with Crippen molar-refractivity contribution in [2.75, 3.05) is 0 Å². The topological polar surface area (TPSA) is 59.8 Å². The molecule has 0 bridgehead atoms. The van der Waals surface area contributed by atoms with E-state index in [4.69, 9.17) is 11.6 Å². The monoisotopic (exact) mass is 340 g/mol. The number of hydrogen-bond donors (Lipinski definition) is 1. The van der Waals surface area contributed by atoms with Gasteiger partial charge in [-0.25, -0.2) is 0 Å². The van der Waals surface area contributed by atoms with E-state index in [9.17, 15) is 4.79 Å². The average molecular weight is 341 g/mol. The fourth-order valence-electron chi connectivity index (χ4n) is 2.46. The summed E-state index contributed by atoms with van der Waals surface area (Å²) < 4.78 is 1.79. The first-order chi connectivity index (χ1) is 11.6. The van der Waals surface area contributed by atoms with Gasteiger partial charge in [0.05, 0.1) is 12.1 Å². The van der Waals surface area contributed by atoms with Crippen molar-refractivity contribution in [3.63, 3.8) is 0 Å². The number of benzene rings is 1. The summed E-state index contributed by atoms with van der Waals surface area (Å²) in [5, 5.41) is 7.66. The van der Waals surface area contributed by atoms with Crippen molar-refractivity contribution >= 4 is 17.5 Å². The maximum absolute atomic E-state index is 12.1. The predicted octanol–water partition coefficient (Wildman–Crippen LogP) is 2.99. The number of hydrogen-bond acceptors (Lipinski definition) is 3. The molecule has 0 atom stereocenters. The Morgan fingerprint density at radius 2 is 2.08 bits per heavy atom. The number of aromatic nitrogens is 3. The van der Waals surface area contributed by atoms with Gasteiger partial charge in [-0.15, -0.1) is 0 Å². The van der Waals surface area contributed by atoms with Gasteiger partial charge >= 0.3 is 0 Å². The Labute approximate surface area is 145 Å². The zero-order chi connectivity index (χ0) is 16.9. The van der Waals surface area contributed by atoms with Crippen molar-refractivity contribution in [3.05, 3.63) is 71.1 Å². The van der Waals surface area contributed by atoms with Crippen molar-refractivity contribution in [1.29, 1.82) is 0 Å². The molecule has 24 heavy (non-hydrogen) atoms. The number of amides is 1. The second kappa shape index (κ2) is 7.27. The fraction of sp³-hybridized carbons (Fsp3) is 0.167. The number of aryl methyl sites for hydroxylation is 1. The Balaban J connectivity index is 1.64. The van der Waals surface area contributed by atoms with Crippen molar-refractivity contribution < 1.29 is 4.79 Å². The van der Waals surface area contributed by atoms with E-state index in [1.165, 1.54) is 0 Å². The van der Waals surface area contributed by atoms with E-state index in [0.717, 1.165) is 22.4 Å². The molecule has 0 spiro atoms. The maximum atomic E-state index is 12.1. The molecule has 0 aliphatic carbocycles. The van der Waals surface area contributed by atoms with Crippen LogP contribution in [0.5, 0.6) is 0 Å². The molecule has 1 amide bonds. The van der Waals surface area contributed by atoms with Crippen molar-refractivity contribution in [2.24, 2.45) is 7.05 Å². The third kappa shape index (κ3) is 3.81. The minimum atomic E-state index is -0.0750. The van der Waals surface area contributed by atoms with Gasteiger partial charge in [-0.05, 0) is 29.3 Å². The van der Waals surface area contributed by atoms with Gasteiger partial charge in [0.15, 0.2) is 0 Å². The van der Waals surface area contributed by atoms with Gasteiger partial charge in [0, 0.05) is 42.8 Å². The quantitative estimate of drug-likeness (QED) is 0.776. The van der Waals surface area contributed by atoms with E-state index >= 15 is 0 Å². The number of nitrogens with one attached hydrogen (secondary N) is 1. The summed E-state index contributed by atoms with van der Waals surface area (Å²) in [6.45, 7) is 0.419. The Kier molecular flexibility index (Phi) is 4.91. The van der Waals surface area contributed by atoms with E-state index in [1.54, 1.807) is 29.3 Å². The molecule has 2 aromatic heterocycles. The molecule has 0 saturated carbocycles. The van der Waals surface area contributed by atoms with Crippen LogP contribution in [0, 0.1) is 0 Å². The summed E-state index contributed by atoms with van der Waals surface area (Å²) in [5.74, 6) is -0.0750. The van der Waals surface area contributed by atoms with E-state index in [0.29, 0.717) is 11.6 Å². The van der Waals surface area contributed by atoms with E-state index in [2.05, 4.69) is 15.4 Å². The summed E-state index contributed by atoms with van der Waals surface area (Å²) >= 11 is 6.08. The van der Waals surface area contributed by atoms with Crippen LogP contribution < -0.4 is 5.32 Å². The lowest BCUT2D eigenvalue weighted by molar-refractivity contribution is -0.120. The molecule has 2 heterocycles. The van der Waals surface area contributed by atoms with Crippen molar-refractivity contribution in [3.8, 4) is 11.3 Å². The first kappa shape index (κ1) is 16.2. The molecule has 1 N–H and O–H groups in total. The molecular weight excluding hydrogens is 324 g/mol. The van der Waals surface area contributed by atoms with E-state index < -0.39 is 0 Å². The van der Waals surface area contributed by atoms with Gasteiger partial charge in [-0.3, -0.25) is 14.5 Å². The zero-order valence-corrected chi connectivity index (χ0v) is 14.0. The van der Waals surface area contributed by atoms with Crippen LogP contribution in [0.4, 0.5) is 0 Å². The highest BCUT2D eigenvalue weighted by Crippen LogP contribution is 2.18. The first-order valence-electron chi connectivity index (χ1n) is 7.56. The summed E-state index contributed by atoms with van der Waals surface area (Å²) in [6.07, 6.45) is 5.53. The standard InChI is InChI=1S/C18H17ClN4O/c1-23-17(6-7-22-23)15-8-13(10-20-12-15)11-21-18(24)9-14-4-2-3-5-16(14)19/h2-8,10,12H,9,11H2,1H3,(H,21,24). The number of carbonyl (C=O) groups excluding carboxylic acids is 1. The number of rotatable bonds is 5. The summed E-state index contributed by atoms with van der Waals surface area (Å²) in [4.78, 5) is 16.3. The molecule has 3 aromatic rings. The van der Waals surface area contributed by atoms with Gasteiger partial charge in [-0.2, -0.15) is 5.10 Å². The van der Waals surface area contributed by atoms with Crippen LogP contribution >= 0.6 is 11.6 Å². The molecule has 0 aliphatic heterocycles.